The van der Waals surface area contributed by atoms with Crippen LogP contribution in [-0.4, -0.2) is 74.2 Å². The molecule has 0 aliphatic carbocycles. The molecule has 0 bridgehead atoms. The first-order chi connectivity index (χ1) is 17.7. The van der Waals surface area contributed by atoms with Crippen LogP contribution in [0.25, 0.3) is 0 Å². The summed E-state index contributed by atoms with van der Waals surface area (Å²) >= 11 is 0. The van der Waals surface area contributed by atoms with E-state index in [1.807, 2.05) is 0 Å². The number of rotatable bonds is 7. The maximum Gasteiger partial charge on any atom is 0.416 e. The largest absolute Gasteiger partial charge is 0.493 e. The Kier molecular flexibility index (Phi) is 7.25. The molecule has 2 aliphatic rings. The molecule has 2 aromatic carbocycles. The average molecular weight is 517 g/mol. The molecule has 0 unspecified atom stereocenters. The van der Waals surface area contributed by atoms with Crippen molar-refractivity contribution in [1.29, 1.82) is 0 Å². The second kappa shape index (κ2) is 10.4. The highest BCUT2D eigenvalue weighted by molar-refractivity contribution is 6.06. The van der Waals surface area contributed by atoms with Gasteiger partial charge in [0, 0.05) is 12.6 Å². The summed E-state index contributed by atoms with van der Waals surface area (Å²) < 4.78 is 26.5. The lowest BCUT2D eigenvalue weighted by molar-refractivity contribution is -0.385. The van der Waals surface area contributed by atoms with Crippen molar-refractivity contribution >= 4 is 23.4 Å². The molecular weight excluding hydrogens is 490 g/mol. The van der Waals surface area contributed by atoms with Crippen LogP contribution in [0, 0.1) is 10.1 Å². The molecule has 4 rings (SSSR count). The Morgan fingerprint density at radius 2 is 1.62 bits per heavy atom. The van der Waals surface area contributed by atoms with Crippen molar-refractivity contribution in [2.75, 3.05) is 39.9 Å². The Morgan fingerprint density at radius 3 is 2.24 bits per heavy atom. The number of hydrogen-bond donors (Lipinski definition) is 1. The van der Waals surface area contributed by atoms with Gasteiger partial charge in [0.15, 0.2) is 29.2 Å². The van der Waals surface area contributed by atoms with Crippen LogP contribution < -0.4 is 23.8 Å². The normalized spacial score (nSPS) is 18.5. The fourth-order valence-electron chi connectivity index (χ4n) is 4.67. The zero-order valence-corrected chi connectivity index (χ0v) is 20.8. The van der Waals surface area contributed by atoms with Gasteiger partial charge in [-0.2, -0.15) is 0 Å². The molecule has 2 amide bonds. The molecule has 1 saturated heterocycles. The van der Waals surface area contributed by atoms with Gasteiger partial charge in [-0.25, -0.2) is 9.69 Å². The number of ether oxygens (including phenoxy) is 5. The highest BCUT2D eigenvalue weighted by Crippen LogP contribution is 2.41. The van der Waals surface area contributed by atoms with Crippen LogP contribution in [-0.2, 0) is 11.3 Å². The maximum absolute atomic E-state index is 13.4. The number of amides is 2. The van der Waals surface area contributed by atoms with Crippen molar-refractivity contribution in [3.63, 3.8) is 0 Å². The minimum atomic E-state index is -1.43. The smallest absolute Gasteiger partial charge is 0.416 e. The summed E-state index contributed by atoms with van der Waals surface area (Å²) in [5, 5.41) is 22.9. The quantitative estimate of drug-likeness (QED) is 0.429. The van der Waals surface area contributed by atoms with E-state index in [-0.39, 0.29) is 51.4 Å². The second-order valence-corrected chi connectivity index (χ2v) is 8.36. The van der Waals surface area contributed by atoms with Crippen molar-refractivity contribution in [3.05, 3.63) is 45.5 Å². The zero-order chi connectivity index (χ0) is 26.9. The lowest BCUT2D eigenvalue weighted by Crippen LogP contribution is -2.50. The fraction of sp³-hybridized carbons (Fsp3) is 0.417. The predicted molar refractivity (Wildman–Crippen MR) is 128 cm³/mol. The molecule has 0 saturated carbocycles. The number of hydrogen-bond acceptors (Lipinski definition) is 10. The number of nitro groups is 1. The number of benzene rings is 2. The van der Waals surface area contributed by atoms with Gasteiger partial charge in [-0.15, -0.1) is 0 Å². The van der Waals surface area contributed by atoms with Crippen molar-refractivity contribution in [1.82, 2.24) is 4.90 Å². The Labute approximate surface area is 212 Å². The van der Waals surface area contributed by atoms with Gasteiger partial charge in [0.1, 0.15) is 6.61 Å². The summed E-state index contributed by atoms with van der Waals surface area (Å²) in [6.45, 7) is -0.0985. The maximum atomic E-state index is 13.4. The Balaban J connectivity index is 1.73. The average Bonchev–Trinajstić information content (AvgIpc) is 3.38. The molecule has 1 N–H and O–H groups in total. The monoisotopic (exact) mass is 517 g/mol. The fourth-order valence-corrected chi connectivity index (χ4v) is 4.67. The molecule has 0 radical (unpaired) electrons. The number of carbonyl (C=O) groups is 2. The van der Waals surface area contributed by atoms with Gasteiger partial charge >= 0.3 is 6.09 Å². The molecule has 0 spiro atoms. The molecule has 13 nitrogen and oxygen atoms in total. The number of carbonyl (C=O) groups excluding carboxylic acids is 2. The van der Waals surface area contributed by atoms with Crippen molar-refractivity contribution in [2.24, 2.45) is 0 Å². The molecule has 37 heavy (non-hydrogen) atoms. The van der Waals surface area contributed by atoms with E-state index in [1.165, 1.54) is 57.6 Å². The third-order valence-corrected chi connectivity index (χ3v) is 6.49. The summed E-state index contributed by atoms with van der Waals surface area (Å²) in [6.07, 6.45) is -1.32. The first-order valence-electron chi connectivity index (χ1n) is 11.4. The van der Waals surface area contributed by atoms with E-state index < -0.39 is 29.9 Å². The van der Waals surface area contributed by atoms with Crippen LogP contribution in [0.1, 0.15) is 28.8 Å². The van der Waals surface area contributed by atoms with E-state index in [0.717, 1.165) is 4.90 Å². The molecule has 0 aromatic heterocycles. The number of nitrogens with zero attached hydrogens (tertiary/aromatic N) is 3. The van der Waals surface area contributed by atoms with Crippen LogP contribution in [0.2, 0.25) is 0 Å². The first kappa shape index (κ1) is 25.8. The molecule has 1 fully saturated rings. The van der Waals surface area contributed by atoms with Crippen LogP contribution in [0.4, 0.5) is 16.2 Å². The molecule has 13 heteroatoms. The summed E-state index contributed by atoms with van der Waals surface area (Å²) in [6, 6.07) is 4.71. The van der Waals surface area contributed by atoms with Gasteiger partial charge in [0.25, 0.3) is 11.6 Å². The van der Waals surface area contributed by atoms with Crippen molar-refractivity contribution < 1.29 is 43.3 Å². The van der Waals surface area contributed by atoms with Gasteiger partial charge in [-0.3, -0.25) is 14.9 Å². The highest BCUT2D eigenvalue weighted by atomic mass is 16.6. The predicted octanol–water partition coefficient (Wildman–Crippen LogP) is 2.71. The molecule has 2 aliphatic heterocycles. The molecule has 2 atom stereocenters. The van der Waals surface area contributed by atoms with Crippen LogP contribution in [0.3, 0.4) is 0 Å². The topological polar surface area (TPSA) is 150 Å². The summed E-state index contributed by atoms with van der Waals surface area (Å²) in [4.78, 5) is 40.3. The van der Waals surface area contributed by atoms with Crippen LogP contribution in [0.15, 0.2) is 24.3 Å². The number of aliphatic hydroxyl groups excluding tert-OH is 1. The third-order valence-electron chi connectivity index (χ3n) is 6.49. The van der Waals surface area contributed by atoms with E-state index in [1.54, 1.807) is 0 Å². The first-order valence-corrected chi connectivity index (χ1v) is 11.4. The number of fused-ring (bicyclic) bond motifs is 2. The van der Waals surface area contributed by atoms with Gasteiger partial charge in [-0.1, -0.05) is 0 Å². The summed E-state index contributed by atoms with van der Waals surface area (Å²) in [5.74, 6) is 0.487. The van der Waals surface area contributed by atoms with E-state index in [9.17, 15) is 24.8 Å². The number of anilines is 1. The minimum absolute atomic E-state index is 0.0476. The zero-order valence-electron chi connectivity index (χ0n) is 20.8. The lowest BCUT2D eigenvalue weighted by atomic mass is 10.1. The summed E-state index contributed by atoms with van der Waals surface area (Å²) in [7, 11) is 5.53. The third kappa shape index (κ3) is 4.53. The molecule has 2 aromatic rings. The number of nitro benzene ring substituents is 1. The molecular formula is C24H27N3O10. The number of methoxy groups -OCH3 is 4. The standard InChI is InChI=1S/C24H27N3O10/c1-33-18-8-13(16(27(31)32)10-20(18)35-3)12-37-24(30)26-17-11-21(36-4)19(34-2)9-14(17)22(28)25-7-5-6-15(25)23(26)29/h8-11,15,23,29H,5-7,12H2,1-4H3/t15-,23-/m0/s1. The van der Waals surface area contributed by atoms with Crippen molar-refractivity contribution in [3.8, 4) is 23.0 Å². The van der Waals surface area contributed by atoms with Gasteiger partial charge in [0.2, 0.25) is 0 Å². The minimum Gasteiger partial charge on any atom is -0.493 e. The van der Waals surface area contributed by atoms with Crippen LogP contribution in [0.5, 0.6) is 23.0 Å². The highest BCUT2D eigenvalue weighted by Gasteiger charge is 2.45. The number of aliphatic hydroxyl groups is 1. The van der Waals surface area contributed by atoms with E-state index in [4.69, 9.17) is 23.7 Å². The Hall–Kier alpha value is -4.26. The Morgan fingerprint density at radius 1 is 1.03 bits per heavy atom. The second-order valence-electron chi connectivity index (χ2n) is 8.36. The van der Waals surface area contributed by atoms with E-state index in [0.29, 0.717) is 19.4 Å². The van der Waals surface area contributed by atoms with Gasteiger partial charge < -0.3 is 33.7 Å². The van der Waals surface area contributed by atoms with E-state index in [2.05, 4.69) is 0 Å². The van der Waals surface area contributed by atoms with Gasteiger partial charge in [-0.05, 0) is 25.0 Å². The van der Waals surface area contributed by atoms with Crippen molar-refractivity contribution in [2.45, 2.75) is 31.7 Å². The van der Waals surface area contributed by atoms with Gasteiger partial charge in [0.05, 0.1) is 62.3 Å². The lowest BCUT2D eigenvalue weighted by Gasteiger charge is -2.31. The van der Waals surface area contributed by atoms with Crippen LogP contribution >= 0.6 is 0 Å². The van der Waals surface area contributed by atoms with E-state index >= 15 is 0 Å². The molecule has 198 valence electrons. The SMILES string of the molecule is COc1cc(COC(=O)N2c3cc(OC)c(OC)cc3C(=O)N3CCC[C@H]3[C@@H]2O)c([N+](=O)[O-])cc1OC. The Bertz CT molecular complexity index is 1230. The molecule has 2 heterocycles. The summed E-state index contributed by atoms with van der Waals surface area (Å²) in [5.41, 5.74) is -0.108.